The van der Waals surface area contributed by atoms with E-state index < -0.39 is 17.6 Å². The van der Waals surface area contributed by atoms with Crippen LogP contribution < -0.4 is 10.2 Å². The molecular formula is C18H20F3N3O3. The van der Waals surface area contributed by atoms with E-state index in [1.165, 1.54) is 24.5 Å². The van der Waals surface area contributed by atoms with Gasteiger partial charge in [-0.2, -0.15) is 13.2 Å². The van der Waals surface area contributed by atoms with Crippen molar-refractivity contribution in [2.75, 3.05) is 49.5 Å². The van der Waals surface area contributed by atoms with Crippen molar-refractivity contribution in [1.82, 2.24) is 4.90 Å². The molecule has 2 aromatic rings. The third kappa shape index (κ3) is 4.61. The topological polar surface area (TPSA) is 69.0 Å². The molecule has 27 heavy (non-hydrogen) atoms. The minimum absolute atomic E-state index is 0.0196. The molecule has 1 fully saturated rings. The van der Waals surface area contributed by atoms with Crippen LogP contribution >= 0.6 is 0 Å². The van der Waals surface area contributed by atoms with E-state index in [0.717, 1.165) is 12.1 Å². The molecule has 3 rings (SSSR count). The van der Waals surface area contributed by atoms with Crippen LogP contribution in [0, 0.1) is 0 Å². The van der Waals surface area contributed by atoms with Gasteiger partial charge >= 0.3 is 6.18 Å². The normalized spacial score (nSPS) is 15.8. The van der Waals surface area contributed by atoms with Crippen LogP contribution in [-0.4, -0.2) is 55.2 Å². The molecule has 1 amide bonds. The smallest absolute Gasteiger partial charge is 0.416 e. The van der Waals surface area contributed by atoms with Gasteiger partial charge in [-0.3, -0.25) is 9.69 Å². The van der Waals surface area contributed by atoms with Crippen molar-refractivity contribution in [3.8, 4) is 0 Å². The summed E-state index contributed by atoms with van der Waals surface area (Å²) in [4.78, 5) is 16.3. The Morgan fingerprint density at radius 1 is 1.19 bits per heavy atom. The van der Waals surface area contributed by atoms with E-state index >= 15 is 0 Å². The second-order valence-electron chi connectivity index (χ2n) is 6.21. The number of furan rings is 1. The number of carbonyl (C=O) groups excluding carboxylic acids is 1. The lowest BCUT2D eigenvalue weighted by Gasteiger charge is -2.36. The molecule has 146 valence electrons. The molecule has 0 atom stereocenters. The van der Waals surface area contributed by atoms with E-state index in [0.29, 0.717) is 38.4 Å². The number of hydrogen-bond donors (Lipinski definition) is 2. The number of β-amino-alcohol motifs (C(OH)–C–C–N with tert-alkyl or cyclic N) is 1. The summed E-state index contributed by atoms with van der Waals surface area (Å²) in [6, 6.07) is 6.30. The van der Waals surface area contributed by atoms with Crippen molar-refractivity contribution in [2.24, 2.45) is 0 Å². The Balaban J connectivity index is 1.85. The van der Waals surface area contributed by atoms with E-state index in [1.54, 1.807) is 0 Å². The van der Waals surface area contributed by atoms with Crippen molar-refractivity contribution >= 4 is 17.3 Å². The van der Waals surface area contributed by atoms with E-state index in [-0.39, 0.29) is 18.1 Å². The van der Waals surface area contributed by atoms with Gasteiger partial charge in [0.2, 0.25) is 0 Å². The van der Waals surface area contributed by atoms with Crippen molar-refractivity contribution in [1.29, 1.82) is 0 Å². The summed E-state index contributed by atoms with van der Waals surface area (Å²) >= 11 is 0. The largest absolute Gasteiger partial charge is 0.459 e. The van der Waals surface area contributed by atoms with Gasteiger partial charge in [0.1, 0.15) is 0 Å². The van der Waals surface area contributed by atoms with E-state index in [1.807, 2.05) is 4.90 Å². The number of alkyl halides is 3. The SMILES string of the molecule is O=C(Nc1cc(C(F)(F)F)ccc1N1CCN(CCO)CC1)c1ccco1. The fraction of sp³-hybridized carbons (Fsp3) is 0.389. The highest BCUT2D eigenvalue weighted by Crippen LogP contribution is 2.36. The molecule has 2 N–H and O–H groups in total. The number of benzene rings is 1. The Morgan fingerprint density at radius 3 is 2.52 bits per heavy atom. The number of amides is 1. The molecule has 0 saturated carbocycles. The maximum absolute atomic E-state index is 13.1. The van der Waals surface area contributed by atoms with Crippen LogP contribution in [0.5, 0.6) is 0 Å². The van der Waals surface area contributed by atoms with E-state index in [4.69, 9.17) is 9.52 Å². The molecular weight excluding hydrogens is 363 g/mol. The number of aliphatic hydroxyl groups excluding tert-OH is 1. The monoisotopic (exact) mass is 383 g/mol. The van der Waals surface area contributed by atoms with Gasteiger partial charge in [-0.25, -0.2) is 0 Å². The first-order valence-electron chi connectivity index (χ1n) is 8.53. The Hall–Kier alpha value is -2.52. The Labute approximate surface area is 154 Å². The standard InChI is InChI=1S/C18H20F3N3O3/c19-18(20,21)13-3-4-15(24-7-5-23(6-8-24)9-10-25)14(12-13)22-17(26)16-2-1-11-27-16/h1-4,11-12,25H,5-10H2,(H,22,26). The summed E-state index contributed by atoms with van der Waals surface area (Å²) in [5.74, 6) is -0.592. The predicted octanol–water partition coefficient (Wildman–Crippen LogP) is 2.67. The Kier molecular flexibility index (Phi) is 5.71. The molecule has 1 aromatic carbocycles. The highest BCUT2D eigenvalue weighted by atomic mass is 19.4. The molecule has 1 aliphatic rings. The third-order valence-electron chi connectivity index (χ3n) is 4.45. The first kappa shape index (κ1) is 19.2. The average Bonchev–Trinajstić information content (AvgIpc) is 3.17. The number of nitrogens with zero attached hydrogens (tertiary/aromatic N) is 2. The first-order valence-corrected chi connectivity index (χ1v) is 8.53. The third-order valence-corrected chi connectivity index (χ3v) is 4.45. The number of nitrogens with one attached hydrogen (secondary N) is 1. The predicted molar refractivity (Wildman–Crippen MR) is 93.8 cm³/mol. The molecule has 1 aromatic heterocycles. The Bertz CT molecular complexity index is 770. The molecule has 2 heterocycles. The number of hydrogen-bond acceptors (Lipinski definition) is 5. The van der Waals surface area contributed by atoms with Crippen LogP contribution in [0.4, 0.5) is 24.5 Å². The zero-order chi connectivity index (χ0) is 19.4. The first-order chi connectivity index (χ1) is 12.9. The average molecular weight is 383 g/mol. The van der Waals surface area contributed by atoms with E-state index in [9.17, 15) is 18.0 Å². The number of aliphatic hydroxyl groups is 1. The van der Waals surface area contributed by atoms with Gasteiger partial charge in [0.25, 0.3) is 5.91 Å². The van der Waals surface area contributed by atoms with Crippen molar-refractivity contribution in [2.45, 2.75) is 6.18 Å². The summed E-state index contributed by atoms with van der Waals surface area (Å²) in [5.41, 5.74) is -0.228. The van der Waals surface area contributed by atoms with Crippen LogP contribution in [0.2, 0.25) is 0 Å². The zero-order valence-corrected chi connectivity index (χ0v) is 14.5. The van der Waals surface area contributed by atoms with Gasteiger partial charge in [0, 0.05) is 32.7 Å². The Morgan fingerprint density at radius 2 is 1.93 bits per heavy atom. The summed E-state index contributed by atoms with van der Waals surface area (Å²) < 4.78 is 44.4. The summed E-state index contributed by atoms with van der Waals surface area (Å²) in [5, 5.41) is 11.6. The molecule has 1 saturated heterocycles. The summed E-state index contributed by atoms with van der Waals surface area (Å²) in [6.07, 6.45) is -3.19. The zero-order valence-electron chi connectivity index (χ0n) is 14.5. The quantitative estimate of drug-likeness (QED) is 0.831. The molecule has 0 spiro atoms. The van der Waals surface area contributed by atoms with Crippen LogP contribution in [0.1, 0.15) is 16.1 Å². The number of rotatable bonds is 5. The van der Waals surface area contributed by atoms with Gasteiger partial charge in [-0.1, -0.05) is 0 Å². The lowest BCUT2D eigenvalue weighted by molar-refractivity contribution is -0.137. The minimum atomic E-state index is -4.51. The second-order valence-corrected chi connectivity index (χ2v) is 6.21. The number of piperazine rings is 1. The molecule has 0 unspecified atom stereocenters. The molecule has 0 radical (unpaired) electrons. The van der Waals surface area contributed by atoms with Crippen molar-refractivity contribution < 1.29 is 27.5 Å². The summed E-state index contributed by atoms with van der Waals surface area (Å²) in [7, 11) is 0. The lowest BCUT2D eigenvalue weighted by Crippen LogP contribution is -2.47. The lowest BCUT2D eigenvalue weighted by atomic mass is 10.1. The number of anilines is 2. The van der Waals surface area contributed by atoms with E-state index in [2.05, 4.69) is 10.2 Å². The van der Waals surface area contributed by atoms with Gasteiger partial charge in [-0.05, 0) is 30.3 Å². The van der Waals surface area contributed by atoms with Crippen molar-refractivity contribution in [3.63, 3.8) is 0 Å². The number of halogens is 3. The summed E-state index contributed by atoms with van der Waals surface area (Å²) in [6.45, 7) is 3.12. The molecule has 9 heteroatoms. The molecule has 1 aliphatic heterocycles. The molecule has 6 nitrogen and oxygen atoms in total. The maximum atomic E-state index is 13.1. The van der Waals surface area contributed by atoms with Gasteiger partial charge < -0.3 is 19.7 Å². The number of carbonyl (C=O) groups is 1. The highest BCUT2D eigenvalue weighted by molar-refractivity contribution is 6.04. The van der Waals surface area contributed by atoms with Crippen LogP contribution in [0.3, 0.4) is 0 Å². The van der Waals surface area contributed by atoms with Crippen LogP contribution in [0.15, 0.2) is 41.0 Å². The van der Waals surface area contributed by atoms with Gasteiger partial charge in [-0.15, -0.1) is 0 Å². The van der Waals surface area contributed by atoms with Gasteiger partial charge in [0.05, 0.1) is 29.8 Å². The fourth-order valence-electron chi connectivity index (χ4n) is 3.03. The van der Waals surface area contributed by atoms with Crippen LogP contribution in [-0.2, 0) is 6.18 Å². The second kappa shape index (κ2) is 8.01. The van der Waals surface area contributed by atoms with Crippen molar-refractivity contribution in [3.05, 3.63) is 47.9 Å². The van der Waals surface area contributed by atoms with Crippen LogP contribution in [0.25, 0.3) is 0 Å². The highest BCUT2D eigenvalue weighted by Gasteiger charge is 2.32. The molecule has 0 bridgehead atoms. The molecule has 0 aliphatic carbocycles. The van der Waals surface area contributed by atoms with Gasteiger partial charge in [0.15, 0.2) is 5.76 Å². The fourth-order valence-corrected chi connectivity index (χ4v) is 3.03. The minimum Gasteiger partial charge on any atom is -0.459 e. The maximum Gasteiger partial charge on any atom is 0.416 e.